The molecule has 0 unspecified atom stereocenters. The molecular weight excluding hydrogens is 605 g/mol. The van der Waals surface area contributed by atoms with Crippen molar-refractivity contribution >= 4 is 43.6 Å². The molecule has 0 radical (unpaired) electrons. The van der Waals surface area contributed by atoms with Gasteiger partial charge < -0.3 is 9.13 Å². The van der Waals surface area contributed by atoms with E-state index in [1.807, 2.05) is 0 Å². The van der Waals surface area contributed by atoms with Crippen LogP contribution in [0, 0.1) is 0 Å². The number of rotatable bonds is 5. The Kier molecular flexibility index (Phi) is 6.53. The van der Waals surface area contributed by atoms with Crippen LogP contribution in [0.4, 0.5) is 0 Å². The molecule has 0 amide bonds. The Labute approximate surface area is 290 Å². The van der Waals surface area contributed by atoms with Crippen molar-refractivity contribution in [1.29, 1.82) is 0 Å². The lowest BCUT2D eigenvalue weighted by Crippen LogP contribution is -1.98. The minimum Gasteiger partial charge on any atom is -0.309 e. The molecule has 8 aromatic carbocycles. The monoisotopic (exact) mass is 636 g/mol. The Morgan fingerprint density at radius 1 is 0.260 bits per heavy atom. The van der Waals surface area contributed by atoms with Gasteiger partial charge in [0.2, 0.25) is 0 Å². The Hall–Kier alpha value is -6.64. The second-order valence-corrected chi connectivity index (χ2v) is 13.0. The lowest BCUT2D eigenvalue weighted by atomic mass is 9.98. The summed E-state index contributed by atoms with van der Waals surface area (Å²) in [7, 11) is 0. The van der Waals surface area contributed by atoms with E-state index < -0.39 is 0 Å². The summed E-state index contributed by atoms with van der Waals surface area (Å²) < 4.78 is 4.83. The van der Waals surface area contributed by atoms with E-state index in [9.17, 15) is 0 Å². The number of fused-ring (bicyclic) bond motifs is 6. The molecule has 0 bridgehead atoms. The zero-order chi connectivity index (χ0) is 33.0. The quantitative estimate of drug-likeness (QED) is 0.178. The number of hydrogen-bond donors (Lipinski definition) is 0. The molecule has 234 valence electrons. The van der Waals surface area contributed by atoms with Gasteiger partial charge in [0.15, 0.2) is 0 Å². The van der Waals surface area contributed by atoms with Gasteiger partial charge in [-0.3, -0.25) is 0 Å². The van der Waals surface area contributed by atoms with Gasteiger partial charge in [-0.15, -0.1) is 0 Å². The molecule has 0 aliphatic rings. The van der Waals surface area contributed by atoms with Crippen molar-refractivity contribution in [3.05, 3.63) is 194 Å². The predicted molar refractivity (Wildman–Crippen MR) is 211 cm³/mol. The third-order valence-corrected chi connectivity index (χ3v) is 10.1. The second-order valence-electron chi connectivity index (χ2n) is 13.0. The molecule has 0 fully saturated rings. The lowest BCUT2D eigenvalue weighted by molar-refractivity contribution is 1.18. The van der Waals surface area contributed by atoms with Gasteiger partial charge in [-0.25, -0.2) is 0 Å². The first-order valence-electron chi connectivity index (χ1n) is 17.2. The van der Waals surface area contributed by atoms with Crippen LogP contribution in [0.25, 0.3) is 88.4 Å². The minimum absolute atomic E-state index is 1.16. The Balaban J connectivity index is 1.13. The largest absolute Gasteiger partial charge is 0.309 e. The summed E-state index contributed by atoms with van der Waals surface area (Å²) in [5, 5.41) is 5.04. The van der Waals surface area contributed by atoms with E-state index in [4.69, 9.17) is 0 Å². The molecule has 0 N–H and O–H groups in total. The molecule has 0 aliphatic carbocycles. The molecule has 0 atom stereocenters. The Morgan fingerprint density at radius 2 is 0.700 bits per heavy atom. The van der Waals surface area contributed by atoms with Crippen LogP contribution >= 0.6 is 0 Å². The molecule has 0 aliphatic heterocycles. The molecule has 2 aromatic heterocycles. The minimum atomic E-state index is 1.16. The van der Waals surface area contributed by atoms with Crippen LogP contribution in [0.5, 0.6) is 0 Å². The maximum atomic E-state index is 2.45. The number of hydrogen-bond acceptors (Lipinski definition) is 0. The molecule has 2 heterocycles. The third-order valence-electron chi connectivity index (χ3n) is 10.1. The smallest absolute Gasteiger partial charge is 0.0546 e. The van der Waals surface area contributed by atoms with Crippen molar-refractivity contribution in [3.63, 3.8) is 0 Å². The standard InChI is InChI=1S/C48H32N2/c1-3-13-33(14-4-1)37-25-29-39(35-15-5-2-6-16-35)48(32-37)50-46-22-12-9-19-42(46)43-31-36(26-30-47(43)50)34-23-27-38(28-24-34)49-44-20-10-7-17-40(44)41-18-8-11-21-45(41)49/h1-32H. The average molecular weight is 637 g/mol. The molecule has 0 saturated heterocycles. The van der Waals surface area contributed by atoms with Crippen molar-refractivity contribution in [2.75, 3.05) is 0 Å². The molecular formula is C48H32N2. The fourth-order valence-electron chi connectivity index (χ4n) is 7.80. The van der Waals surface area contributed by atoms with E-state index in [-0.39, 0.29) is 0 Å². The Bertz CT molecular complexity index is 2790. The van der Waals surface area contributed by atoms with Crippen LogP contribution in [0.1, 0.15) is 0 Å². The van der Waals surface area contributed by atoms with Crippen molar-refractivity contribution in [2.45, 2.75) is 0 Å². The number of para-hydroxylation sites is 3. The van der Waals surface area contributed by atoms with Crippen molar-refractivity contribution < 1.29 is 0 Å². The van der Waals surface area contributed by atoms with Crippen LogP contribution in [0.3, 0.4) is 0 Å². The zero-order valence-electron chi connectivity index (χ0n) is 27.4. The summed E-state index contributed by atoms with van der Waals surface area (Å²) in [5.41, 5.74) is 14.4. The maximum absolute atomic E-state index is 2.45. The summed E-state index contributed by atoms with van der Waals surface area (Å²) in [6.07, 6.45) is 0. The van der Waals surface area contributed by atoms with Gasteiger partial charge in [0.05, 0.1) is 27.8 Å². The maximum Gasteiger partial charge on any atom is 0.0546 e. The van der Waals surface area contributed by atoms with Gasteiger partial charge in [-0.2, -0.15) is 0 Å². The predicted octanol–water partition coefficient (Wildman–Crippen LogP) is 12.9. The number of benzene rings is 8. The highest BCUT2D eigenvalue weighted by molar-refractivity contribution is 6.11. The molecule has 2 nitrogen and oxygen atoms in total. The molecule has 50 heavy (non-hydrogen) atoms. The van der Waals surface area contributed by atoms with E-state index >= 15 is 0 Å². The summed E-state index contributed by atoms with van der Waals surface area (Å²) in [6, 6.07) is 70.4. The van der Waals surface area contributed by atoms with Gasteiger partial charge in [0.1, 0.15) is 0 Å². The van der Waals surface area contributed by atoms with Crippen LogP contribution in [0.2, 0.25) is 0 Å². The van der Waals surface area contributed by atoms with Crippen molar-refractivity contribution in [2.24, 2.45) is 0 Å². The van der Waals surface area contributed by atoms with E-state index in [0.717, 1.165) is 5.69 Å². The zero-order valence-corrected chi connectivity index (χ0v) is 27.4. The summed E-state index contributed by atoms with van der Waals surface area (Å²) in [4.78, 5) is 0. The first kappa shape index (κ1) is 28.4. The van der Waals surface area contributed by atoms with E-state index in [1.165, 1.54) is 82.7 Å². The molecule has 0 spiro atoms. The van der Waals surface area contributed by atoms with Crippen LogP contribution < -0.4 is 0 Å². The summed E-state index contributed by atoms with van der Waals surface area (Å²) >= 11 is 0. The first-order chi connectivity index (χ1) is 24.8. The van der Waals surface area contributed by atoms with E-state index in [0.29, 0.717) is 0 Å². The van der Waals surface area contributed by atoms with Gasteiger partial charge in [-0.1, -0.05) is 146 Å². The van der Waals surface area contributed by atoms with E-state index in [1.54, 1.807) is 0 Å². The van der Waals surface area contributed by atoms with Gasteiger partial charge >= 0.3 is 0 Å². The lowest BCUT2D eigenvalue weighted by Gasteiger charge is -2.16. The van der Waals surface area contributed by atoms with Gasteiger partial charge in [0, 0.05) is 32.8 Å². The first-order valence-corrected chi connectivity index (χ1v) is 17.2. The third kappa shape index (κ3) is 4.50. The topological polar surface area (TPSA) is 9.86 Å². The fraction of sp³-hybridized carbons (Fsp3) is 0. The Morgan fingerprint density at radius 3 is 1.34 bits per heavy atom. The van der Waals surface area contributed by atoms with Crippen molar-refractivity contribution in [3.8, 4) is 44.8 Å². The molecule has 10 aromatic rings. The molecule has 10 rings (SSSR count). The van der Waals surface area contributed by atoms with Crippen LogP contribution in [-0.4, -0.2) is 9.13 Å². The fourth-order valence-corrected chi connectivity index (χ4v) is 7.80. The highest BCUT2D eigenvalue weighted by Crippen LogP contribution is 2.40. The molecule has 0 saturated carbocycles. The van der Waals surface area contributed by atoms with Gasteiger partial charge in [-0.05, 0) is 76.3 Å². The normalized spacial score (nSPS) is 11.6. The highest BCUT2D eigenvalue weighted by Gasteiger charge is 2.18. The van der Waals surface area contributed by atoms with Crippen LogP contribution in [0.15, 0.2) is 194 Å². The van der Waals surface area contributed by atoms with Gasteiger partial charge in [0.25, 0.3) is 0 Å². The molecule has 2 heteroatoms. The highest BCUT2D eigenvalue weighted by atomic mass is 15.0. The SMILES string of the molecule is c1ccc(-c2ccc(-c3ccccc3)c(-n3c4ccccc4c4cc(-c5ccc(-n6c7ccccc7c7ccccc76)cc5)ccc43)c2)cc1. The summed E-state index contributed by atoms with van der Waals surface area (Å²) in [5.74, 6) is 0. The number of nitrogens with zero attached hydrogens (tertiary/aromatic N) is 2. The average Bonchev–Trinajstić information content (AvgIpc) is 3.71. The second kappa shape index (κ2) is 11.5. The summed E-state index contributed by atoms with van der Waals surface area (Å²) in [6.45, 7) is 0. The van der Waals surface area contributed by atoms with Crippen LogP contribution in [-0.2, 0) is 0 Å². The number of aromatic nitrogens is 2. The van der Waals surface area contributed by atoms with Crippen molar-refractivity contribution in [1.82, 2.24) is 9.13 Å². The van der Waals surface area contributed by atoms with E-state index in [2.05, 4.69) is 203 Å².